The molecule has 0 atom stereocenters. The number of rotatable bonds is 8. The number of nitrogens with zero attached hydrogens (tertiary/aromatic N) is 3. The molecule has 3 aromatic rings. The second-order valence-electron chi connectivity index (χ2n) is 7.92. The summed E-state index contributed by atoms with van der Waals surface area (Å²) >= 11 is 0. The standard InChI is InChI=1S/C26H25N3O5/c1-4-17-11-18(13-20(12-17)29(31)32)16-34-25-15-22(27-2)21(14-24(25)33-3)26(30)28-10-9-19-7-5-6-8-23(19)28/h5-8,11-15H,2,4,9-10,16H2,1,3H3. The molecule has 0 unspecified atom stereocenters. The molecule has 0 fully saturated rings. The SMILES string of the molecule is C=Nc1cc(OCc2cc(CC)cc([N+](=O)[O-])c2)c(OC)cc1C(=O)N1CCc2ccccc21. The summed E-state index contributed by atoms with van der Waals surface area (Å²) in [5, 5.41) is 11.3. The topological polar surface area (TPSA) is 94.3 Å². The average Bonchev–Trinajstić information content (AvgIpc) is 3.30. The number of carbonyl (C=O) groups is 1. The first kappa shape index (κ1) is 23.0. The van der Waals surface area contributed by atoms with Crippen LogP contribution in [0.2, 0.25) is 0 Å². The van der Waals surface area contributed by atoms with E-state index in [0.717, 1.165) is 23.2 Å². The number of fused-ring (bicyclic) bond motifs is 1. The van der Waals surface area contributed by atoms with Crippen molar-refractivity contribution < 1.29 is 19.2 Å². The van der Waals surface area contributed by atoms with Gasteiger partial charge in [0.25, 0.3) is 11.6 Å². The molecule has 0 spiro atoms. The first-order valence-electron chi connectivity index (χ1n) is 10.9. The molecule has 0 aromatic heterocycles. The molecule has 1 aliphatic heterocycles. The van der Waals surface area contributed by atoms with Gasteiger partial charge in [0.2, 0.25) is 0 Å². The van der Waals surface area contributed by atoms with Gasteiger partial charge in [0.15, 0.2) is 11.5 Å². The Morgan fingerprint density at radius 3 is 2.62 bits per heavy atom. The lowest BCUT2D eigenvalue weighted by molar-refractivity contribution is -0.385. The zero-order valence-corrected chi connectivity index (χ0v) is 19.1. The Kier molecular flexibility index (Phi) is 6.58. The van der Waals surface area contributed by atoms with E-state index in [-0.39, 0.29) is 18.2 Å². The number of nitro benzene ring substituents is 1. The van der Waals surface area contributed by atoms with Gasteiger partial charge in [0.05, 0.1) is 23.3 Å². The minimum atomic E-state index is -0.417. The number of benzene rings is 3. The van der Waals surface area contributed by atoms with Crippen LogP contribution in [0, 0.1) is 10.1 Å². The number of nitro groups is 1. The zero-order valence-electron chi connectivity index (χ0n) is 19.1. The molecule has 0 aliphatic carbocycles. The Labute approximate surface area is 197 Å². The number of non-ortho nitro benzene ring substituents is 1. The molecule has 0 saturated heterocycles. The third-order valence-electron chi connectivity index (χ3n) is 5.87. The monoisotopic (exact) mass is 459 g/mol. The van der Waals surface area contributed by atoms with Crippen molar-refractivity contribution in [1.82, 2.24) is 0 Å². The molecule has 1 heterocycles. The minimum absolute atomic E-state index is 0.0187. The summed E-state index contributed by atoms with van der Waals surface area (Å²) in [4.78, 5) is 30.0. The van der Waals surface area contributed by atoms with Gasteiger partial charge in [-0.25, -0.2) is 0 Å². The predicted octanol–water partition coefficient (Wildman–Crippen LogP) is 5.28. The van der Waals surface area contributed by atoms with Crippen molar-refractivity contribution in [3.05, 3.63) is 87.0 Å². The lowest BCUT2D eigenvalue weighted by Gasteiger charge is -2.20. The fraction of sp³-hybridized carbons (Fsp3) is 0.231. The molecule has 1 aliphatic rings. The third-order valence-corrected chi connectivity index (χ3v) is 5.87. The molecular formula is C26H25N3O5. The number of para-hydroxylation sites is 1. The molecule has 0 N–H and O–H groups in total. The summed E-state index contributed by atoms with van der Waals surface area (Å²) in [6.45, 7) is 6.23. The molecule has 34 heavy (non-hydrogen) atoms. The van der Waals surface area contributed by atoms with E-state index in [0.29, 0.717) is 41.3 Å². The summed E-state index contributed by atoms with van der Waals surface area (Å²) in [5.41, 5.74) is 4.27. The molecule has 1 amide bonds. The molecule has 4 rings (SSSR count). The van der Waals surface area contributed by atoms with Gasteiger partial charge >= 0.3 is 0 Å². The van der Waals surface area contributed by atoms with Gasteiger partial charge in [-0.2, -0.15) is 0 Å². The van der Waals surface area contributed by atoms with Crippen molar-refractivity contribution in [2.24, 2.45) is 4.99 Å². The van der Waals surface area contributed by atoms with Gasteiger partial charge in [0.1, 0.15) is 6.61 Å². The summed E-state index contributed by atoms with van der Waals surface area (Å²) in [6.07, 6.45) is 1.46. The molecule has 174 valence electrons. The highest BCUT2D eigenvalue weighted by molar-refractivity contribution is 6.10. The van der Waals surface area contributed by atoms with Crippen LogP contribution in [-0.4, -0.2) is 31.2 Å². The molecule has 3 aromatic carbocycles. The molecule has 8 heteroatoms. The zero-order chi connectivity index (χ0) is 24.2. The smallest absolute Gasteiger partial charge is 0.270 e. The largest absolute Gasteiger partial charge is 0.493 e. The second-order valence-corrected chi connectivity index (χ2v) is 7.92. The summed E-state index contributed by atoms with van der Waals surface area (Å²) in [5.74, 6) is 0.542. The molecule has 0 bridgehead atoms. The maximum absolute atomic E-state index is 13.4. The maximum atomic E-state index is 13.4. The normalized spacial score (nSPS) is 12.2. The van der Waals surface area contributed by atoms with Crippen LogP contribution in [0.4, 0.5) is 17.1 Å². The highest BCUT2D eigenvalue weighted by Crippen LogP contribution is 2.38. The van der Waals surface area contributed by atoms with E-state index in [9.17, 15) is 14.9 Å². The lowest BCUT2D eigenvalue weighted by atomic mass is 10.1. The summed E-state index contributed by atoms with van der Waals surface area (Å²) in [7, 11) is 1.49. The lowest BCUT2D eigenvalue weighted by Crippen LogP contribution is -2.29. The van der Waals surface area contributed by atoms with Crippen LogP contribution in [0.3, 0.4) is 0 Å². The van der Waals surface area contributed by atoms with E-state index in [1.807, 2.05) is 37.3 Å². The van der Waals surface area contributed by atoms with Crippen LogP contribution in [0.25, 0.3) is 0 Å². The first-order valence-corrected chi connectivity index (χ1v) is 10.9. The predicted molar refractivity (Wildman–Crippen MR) is 131 cm³/mol. The number of methoxy groups -OCH3 is 1. The second kappa shape index (κ2) is 9.74. The first-order chi connectivity index (χ1) is 16.4. The molecule has 0 saturated carbocycles. The van der Waals surface area contributed by atoms with Crippen molar-refractivity contribution in [3.8, 4) is 11.5 Å². The van der Waals surface area contributed by atoms with Crippen LogP contribution in [0.15, 0.2) is 59.6 Å². The Balaban J connectivity index is 1.62. The van der Waals surface area contributed by atoms with Crippen LogP contribution >= 0.6 is 0 Å². The number of ether oxygens (including phenoxy) is 2. The van der Waals surface area contributed by atoms with E-state index in [1.54, 1.807) is 23.1 Å². The number of amides is 1. The van der Waals surface area contributed by atoms with Crippen LogP contribution < -0.4 is 14.4 Å². The number of anilines is 1. The Bertz CT molecular complexity index is 1270. The minimum Gasteiger partial charge on any atom is -0.493 e. The quantitative estimate of drug-likeness (QED) is 0.259. The van der Waals surface area contributed by atoms with Crippen LogP contribution in [-0.2, 0) is 19.4 Å². The van der Waals surface area contributed by atoms with Gasteiger partial charge in [-0.3, -0.25) is 19.9 Å². The Morgan fingerprint density at radius 1 is 1.15 bits per heavy atom. The number of hydrogen-bond acceptors (Lipinski definition) is 6. The summed E-state index contributed by atoms with van der Waals surface area (Å²) < 4.78 is 11.4. The average molecular weight is 460 g/mol. The highest BCUT2D eigenvalue weighted by atomic mass is 16.6. The van der Waals surface area contributed by atoms with Crippen LogP contribution in [0.1, 0.15) is 34.0 Å². The van der Waals surface area contributed by atoms with Crippen LogP contribution in [0.5, 0.6) is 11.5 Å². The van der Waals surface area contributed by atoms with E-state index >= 15 is 0 Å². The third kappa shape index (κ3) is 4.47. The van der Waals surface area contributed by atoms with Gasteiger partial charge in [0, 0.05) is 30.4 Å². The number of hydrogen-bond donors (Lipinski definition) is 0. The maximum Gasteiger partial charge on any atom is 0.270 e. The number of aryl methyl sites for hydroxylation is 1. The highest BCUT2D eigenvalue weighted by Gasteiger charge is 2.28. The fourth-order valence-electron chi connectivity index (χ4n) is 4.12. The van der Waals surface area contributed by atoms with E-state index in [1.165, 1.54) is 13.2 Å². The number of carbonyl (C=O) groups excluding carboxylic acids is 1. The Hall–Kier alpha value is -4.20. The van der Waals surface area contributed by atoms with Crippen molar-refractivity contribution in [2.45, 2.75) is 26.4 Å². The van der Waals surface area contributed by atoms with E-state index < -0.39 is 4.92 Å². The Morgan fingerprint density at radius 2 is 1.91 bits per heavy atom. The van der Waals surface area contributed by atoms with Crippen molar-refractivity contribution in [2.75, 3.05) is 18.6 Å². The molecular weight excluding hydrogens is 434 g/mol. The van der Waals surface area contributed by atoms with E-state index in [2.05, 4.69) is 11.7 Å². The summed E-state index contributed by atoms with van der Waals surface area (Å²) in [6, 6.07) is 15.9. The van der Waals surface area contributed by atoms with Gasteiger partial charge in [-0.05, 0) is 48.4 Å². The van der Waals surface area contributed by atoms with Gasteiger partial charge in [-0.15, -0.1) is 0 Å². The van der Waals surface area contributed by atoms with Crippen molar-refractivity contribution in [1.29, 1.82) is 0 Å². The molecule has 0 radical (unpaired) electrons. The van der Waals surface area contributed by atoms with E-state index in [4.69, 9.17) is 9.47 Å². The fourth-order valence-corrected chi connectivity index (χ4v) is 4.12. The van der Waals surface area contributed by atoms with Crippen molar-refractivity contribution >= 4 is 29.7 Å². The number of aliphatic imine (C=N–C) groups is 1. The van der Waals surface area contributed by atoms with Gasteiger partial charge < -0.3 is 14.4 Å². The van der Waals surface area contributed by atoms with Gasteiger partial charge in [-0.1, -0.05) is 31.2 Å². The van der Waals surface area contributed by atoms with Crippen molar-refractivity contribution in [3.63, 3.8) is 0 Å². The molecule has 8 nitrogen and oxygen atoms in total.